The van der Waals surface area contributed by atoms with E-state index >= 15 is 0 Å². The summed E-state index contributed by atoms with van der Waals surface area (Å²) in [5, 5.41) is 1.25. The van der Waals surface area contributed by atoms with E-state index in [1.807, 2.05) is 6.07 Å². The van der Waals surface area contributed by atoms with Crippen molar-refractivity contribution < 1.29 is 0 Å². The minimum absolute atomic E-state index is 0.563. The Hall–Kier alpha value is -0.320. The fourth-order valence-electron chi connectivity index (χ4n) is 0.953. The highest BCUT2D eigenvalue weighted by Crippen LogP contribution is 2.35. The van der Waals surface area contributed by atoms with Gasteiger partial charge in [0.05, 0.1) is 19.7 Å². The predicted molar refractivity (Wildman–Crippen MR) is 56.7 cm³/mol. The van der Waals surface area contributed by atoms with Gasteiger partial charge < -0.3 is 5.73 Å². The Kier molecular flexibility index (Phi) is 1.98. The average Bonchev–Trinajstić information content (AvgIpc) is 2.39. The van der Waals surface area contributed by atoms with Crippen LogP contribution in [-0.4, -0.2) is 4.98 Å². The minimum Gasteiger partial charge on any atom is -0.375 e. The summed E-state index contributed by atoms with van der Waals surface area (Å²) in [5.41, 5.74) is 6.44. The molecule has 0 radical (unpaired) electrons. The number of fused-ring (bicyclic) bond motifs is 1. The molecule has 0 bridgehead atoms. The van der Waals surface area contributed by atoms with Crippen molar-refractivity contribution in [3.8, 4) is 0 Å². The van der Waals surface area contributed by atoms with Crippen LogP contribution in [0.4, 0.5) is 5.13 Å². The zero-order valence-corrected chi connectivity index (χ0v) is 9.00. The number of hydrogen-bond donors (Lipinski definition) is 1. The van der Waals surface area contributed by atoms with Crippen molar-refractivity contribution in [2.24, 2.45) is 0 Å². The van der Waals surface area contributed by atoms with Crippen molar-refractivity contribution in [1.82, 2.24) is 4.98 Å². The van der Waals surface area contributed by atoms with Crippen LogP contribution >= 0.6 is 38.9 Å². The molecule has 62 valence electrons. The smallest absolute Gasteiger partial charge is 0.181 e. The standard InChI is InChI=1S/C7H4BrClN2S/c8-5-3(9)1-2-4-6(5)12-7(10)11-4/h1-2H,(H2,10,11). The highest BCUT2D eigenvalue weighted by Gasteiger charge is 2.07. The number of halogens is 2. The van der Waals surface area contributed by atoms with Gasteiger partial charge in [-0.3, -0.25) is 0 Å². The average molecular weight is 264 g/mol. The van der Waals surface area contributed by atoms with E-state index in [-0.39, 0.29) is 0 Å². The number of nitrogens with two attached hydrogens (primary N) is 1. The lowest BCUT2D eigenvalue weighted by atomic mass is 10.3. The van der Waals surface area contributed by atoms with Crippen LogP contribution in [0.2, 0.25) is 5.02 Å². The summed E-state index contributed by atoms with van der Waals surface area (Å²) >= 11 is 10.7. The van der Waals surface area contributed by atoms with E-state index in [1.54, 1.807) is 6.07 Å². The highest BCUT2D eigenvalue weighted by molar-refractivity contribution is 9.10. The van der Waals surface area contributed by atoms with E-state index < -0.39 is 0 Å². The molecule has 2 aromatic rings. The van der Waals surface area contributed by atoms with Crippen molar-refractivity contribution in [3.63, 3.8) is 0 Å². The molecule has 0 amide bonds. The Bertz CT molecular complexity index is 440. The van der Waals surface area contributed by atoms with Gasteiger partial charge in [0.1, 0.15) is 0 Å². The second-order valence-electron chi connectivity index (χ2n) is 2.26. The van der Waals surface area contributed by atoms with E-state index in [0.29, 0.717) is 10.2 Å². The van der Waals surface area contributed by atoms with Gasteiger partial charge in [0.15, 0.2) is 5.13 Å². The van der Waals surface area contributed by atoms with Crippen molar-refractivity contribution >= 4 is 54.2 Å². The van der Waals surface area contributed by atoms with Crippen molar-refractivity contribution in [3.05, 3.63) is 21.6 Å². The van der Waals surface area contributed by atoms with E-state index in [9.17, 15) is 0 Å². The maximum atomic E-state index is 5.89. The SMILES string of the molecule is Nc1nc2ccc(Cl)c(Br)c2s1. The molecule has 0 aliphatic heterocycles. The molecule has 12 heavy (non-hydrogen) atoms. The zero-order chi connectivity index (χ0) is 8.72. The quantitative estimate of drug-likeness (QED) is 0.792. The van der Waals surface area contributed by atoms with Gasteiger partial charge in [-0.1, -0.05) is 22.9 Å². The van der Waals surface area contributed by atoms with Crippen LogP contribution in [-0.2, 0) is 0 Å². The molecule has 0 saturated carbocycles. The molecule has 0 saturated heterocycles. The molecular weight excluding hydrogens is 260 g/mol. The summed E-state index contributed by atoms with van der Waals surface area (Å²) in [6.07, 6.45) is 0. The minimum atomic E-state index is 0.563. The first-order chi connectivity index (χ1) is 5.68. The molecule has 0 fully saturated rings. The first-order valence-electron chi connectivity index (χ1n) is 3.18. The van der Waals surface area contributed by atoms with Gasteiger partial charge in [0, 0.05) is 0 Å². The summed E-state index contributed by atoms with van der Waals surface area (Å²) < 4.78 is 1.87. The zero-order valence-electron chi connectivity index (χ0n) is 5.84. The summed E-state index contributed by atoms with van der Waals surface area (Å²) in [6, 6.07) is 3.66. The van der Waals surface area contributed by atoms with Crippen molar-refractivity contribution in [1.29, 1.82) is 0 Å². The third kappa shape index (κ3) is 1.20. The molecule has 0 spiro atoms. The van der Waals surface area contributed by atoms with Crippen LogP contribution in [0, 0.1) is 0 Å². The Morgan fingerprint density at radius 1 is 1.50 bits per heavy atom. The highest BCUT2D eigenvalue weighted by atomic mass is 79.9. The van der Waals surface area contributed by atoms with E-state index in [0.717, 1.165) is 14.7 Å². The first kappa shape index (κ1) is 8.29. The second-order valence-corrected chi connectivity index (χ2v) is 4.49. The molecule has 0 aliphatic rings. The Balaban J connectivity index is 2.89. The van der Waals surface area contributed by atoms with E-state index in [2.05, 4.69) is 20.9 Å². The third-order valence-electron chi connectivity index (χ3n) is 1.47. The Morgan fingerprint density at radius 2 is 2.25 bits per heavy atom. The number of hydrogen-bond acceptors (Lipinski definition) is 3. The van der Waals surface area contributed by atoms with E-state index in [1.165, 1.54) is 11.3 Å². The normalized spacial score (nSPS) is 10.8. The molecular formula is C7H4BrClN2S. The summed E-state index contributed by atoms with van der Waals surface area (Å²) in [5.74, 6) is 0. The second kappa shape index (κ2) is 2.87. The molecule has 0 aliphatic carbocycles. The molecule has 5 heteroatoms. The van der Waals surface area contributed by atoms with Crippen LogP contribution in [0.1, 0.15) is 0 Å². The molecule has 1 aromatic carbocycles. The largest absolute Gasteiger partial charge is 0.375 e. The maximum Gasteiger partial charge on any atom is 0.181 e. The molecule has 0 atom stereocenters. The van der Waals surface area contributed by atoms with Gasteiger partial charge in [0.2, 0.25) is 0 Å². The van der Waals surface area contributed by atoms with Crippen LogP contribution in [0.25, 0.3) is 10.2 Å². The lowest BCUT2D eigenvalue weighted by Crippen LogP contribution is -1.78. The maximum absolute atomic E-state index is 5.89. The number of nitrogens with zero attached hydrogens (tertiary/aromatic N) is 1. The summed E-state index contributed by atoms with van der Waals surface area (Å²) in [7, 11) is 0. The van der Waals surface area contributed by atoms with Crippen LogP contribution < -0.4 is 5.73 Å². The predicted octanol–water partition coefficient (Wildman–Crippen LogP) is 3.29. The van der Waals surface area contributed by atoms with Gasteiger partial charge in [-0.05, 0) is 28.1 Å². The van der Waals surface area contributed by atoms with Gasteiger partial charge in [-0.25, -0.2) is 4.98 Å². The van der Waals surface area contributed by atoms with Gasteiger partial charge in [-0.15, -0.1) is 0 Å². The lowest BCUT2D eigenvalue weighted by Gasteiger charge is -1.93. The van der Waals surface area contributed by atoms with Crippen LogP contribution in [0.15, 0.2) is 16.6 Å². The molecule has 1 aromatic heterocycles. The number of benzene rings is 1. The number of anilines is 1. The number of thiazole rings is 1. The molecule has 2 nitrogen and oxygen atoms in total. The van der Waals surface area contributed by atoms with Gasteiger partial charge in [0.25, 0.3) is 0 Å². The molecule has 0 unspecified atom stereocenters. The molecule has 2 rings (SSSR count). The number of nitrogen functional groups attached to an aromatic ring is 1. The van der Waals surface area contributed by atoms with E-state index in [4.69, 9.17) is 17.3 Å². The topological polar surface area (TPSA) is 38.9 Å². The van der Waals surface area contributed by atoms with Crippen LogP contribution in [0.3, 0.4) is 0 Å². The number of rotatable bonds is 0. The third-order valence-corrected chi connectivity index (χ3v) is 4.01. The summed E-state index contributed by atoms with van der Waals surface area (Å²) in [6.45, 7) is 0. The Labute approximate surface area is 86.5 Å². The first-order valence-corrected chi connectivity index (χ1v) is 5.17. The van der Waals surface area contributed by atoms with Crippen molar-refractivity contribution in [2.75, 3.05) is 5.73 Å². The van der Waals surface area contributed by atoms with Gasteiger partial charge >= 0.3 is 0 Å². The fraction of sp³-hybridized carbons (Fsp3) is 0. The fourth-order valence-corrected chi connectivity index (χ4v) is 2.52. The number of aromatic nitrogens is 1. The van der Waals surface area contributed by atoms with Crippen molar-refractivity contribution in [2.45, 2.75) is 0 Å². The van der Waals surface area contributed by atoms with Crippen LogP contribution in [0.5, 0.6) is 0 Å². The van der Waals surface area contributed by atoms with Gasteiger partial charge in [-0.2, -0.15) is 0 Å². The summed E-state index contributed by atoms with van der Waals surface area (Å²) in [4.78, 5) is 4.12. The molecule has 2 N–H and O–H groups in total. The Morgan fingerprint density at radius 3 is 3.00 bits per heavy atom. The monoisotopic (exact) mass is 262 g/mol. The molecule has 1 heterocycles. The lowest BCUT2D eigenvalue weighted by molar-refractivity contribution is 1.49.